The summed E-state index contributed by atoms with van der Waals surface area (Å²) in [6, 6.07) is 10.9. The number of furan rings is 1. The maximum Gasteiger partial charge on any atom is 0.373 e. The molecule has 0 radical (unpaired) electrons. The largest absolute Gasteiger partial charge is 0.463 e. The highest BCUT2D eigenvalue weighted by Gasteiger charge is 2.11. The van der Waals surface area contributed by atoms with Crippen LogP contribution >= 0.6 is 11.6 Å². The Labute approximate surface area is 104 Å². The third-order valence-electron chi connectivity index (χ3n) is 2.37. The van der Waals surface area contributed by atoms with E-state index in [9.17, 15) is 4.79 Å². The molecule has 0 bridgehead atoms. The van der Waals surface area contributed by atoms with Crippen molar-refractivity contribution in [1.82, 2.24) is 0 Å². The highest BCUT2D eigenvalue weighted by atomic mass is 35.5. The van der Waals surface area contributed by atoms with Gasteiger partial charge in [-0.1, -0.05) is 29.8 Å². The monoisotopic (exact) mass is 250 g/mol. The molecule has 1 heterocycles. The lowest BCUT2D eigenvalue weighted by Gasteiger charge is -2.00. The fourth-order valence-electron chi connectivity index (χ4n) is 1.51. The minimum Gasteiger partial charge on any atom is -0.463 e. The molecule has 0 fully saturated rings. The van der Waals surface area contributed by atoms with Gasteiger partial charge in [-0.2, -0.15) is 0 Å². The van der Waals surface area contributed by atoms with E-state index in [2.05, 4.69) is 4.74 Å². The third kappa shape index (κ3) is 2.68. The van der Waals surface area contributed by atoms with Gasteiger partial charge in [0.05, 0.1) is 7.11 Å². The molecule has 0 spiro atoms. The molecule has 1 aromatic carbocycles. The first-order valence-electron chi connectivity index (χ1n) is 5.11. The smallest absolute Gasteiger partial charge is 0.373 e. The first kappa shape index (κ1) is 11.7. The van der Waals surface area contributed by atoms with E-state index in [1.54, 1.807) is 12.1 Å². The predicted octanol–water partition coefficient (Wildman–Crippen LogP) is 3.31. The minimum atomic E-state index is -0.476. The van der Waals surface area contributed by atoms with Crippen molar-refractivity contribution in [2.45, 2.75) is 6.42 Å². The quantitative estimate of drug-likeness (QED) is 0.785. The molecule has 0 N–H and O–H groups in total. The number of methoxy groups -OCH3 is 1. The Bertz CT molecular complexity index is 531. The molecular formula is C13H11ClO3. The Morgan fingerprint density at radius 1 is 1.29 bits per heavy atom. The van der Waals surface area contributed by atoms with Gasteiger partial charge in [0.1, 0.15) is 5.76 Å². The Kier molecular flexibility index (Phi) is 3.49. The van der Waals surface area contributed by atoms with Gasteiger partial charge in [0.25, 0.3) is 0 Å². The number of rotatable bonds is 3. The zero-order chi connectivity index (χ0) is 12.3. The van der Waals surface area contributed by atoms with E-state index in [0.29, 0.717) is 17.2 Å². The van der Waals surface area contributed by atoms with Gasteiger partial charge in [0.2, 0.25) is 5.76 Å². The SMILES string of the molecule is COC(=O)c1ccc(Cc2ccccc2Cl)o1. The fraction of sp³-hybridized carbons (Fsp3) is 0.154. The molecule has 0 aliphatic heterocycles. The molecule has 88 valence electrons. The van der Waals surface area contributed by atoms with Crippen molar-refractivity contribution in [3.05, 3.63) is 58.5 Å². The number of carbonyl (C=O) groups is 1. The minimum absolute atomic E-state index is 0.203. The van der Waals surface area contributed by atoms with Crippen molar-refractivity contribution in [3.8, 4) is 0 Å². The van der Waals surface area contributed by atoms with E-state index in [1.165, 1.54) is 7.11 Å². The molecule has 0 atom stereocenters. The zero-order valence-corrected chi connectivity index (χ0v) is 10.0. The van der Waals surface area contributed by atoms with Gasteiger partial charge in [0, 0.05) is 11.4 Å². The molecule has 0 unspecified atom stereocenters. The molecule has 2 rings (SSSR count). The summed E-state index contributed by atoms with van der Waals surface area (Å²) in [6.45, 7) is 0. The molecular weight excluding hydrogens is 240 g/mol. The van der Waals surface area contributed by atoms with Crippen molar-refractivity contribution >= 4 is 17.6 Å². The fourth-order valence-corrected chi connectivity index (χ4v) is 1.72. The topological polar surface area (TPSA) is 39.4 Å². The van der Waals surface area contributed by atoms with Crippen LogP contribution in [0.3, 0.4) is 0 Å². The maximum absolute atomic E-state index is 11.2. The molecule has 17 heavy (non-hydrogen) atoms. The van der Waals surface area contributed by atoms with Crippen LogP contribution < -0.4 is 0 Å². The second-order valence-electron chi connectivity index (χ2n) is 3.53. The molecule has 0 amide bonds. The molecule has 4 heteroatoms. The van der Waals surface area contributed by atoms with Crippen molar-refractivity contribution in [2.24, 2.45) is 0 Å². The van der Waals surface area contributed by atoms with Gasteiger partial charge >= 0.3 is 5.97 Å². The summed E-state index contributed by atoms with van der Waals surface area (Å²) in [7, 11) is 1.32. The van der Waals surface area contributed by atoms with Crippen LogP contribution in [0.2, 0.25) is 5.02 Å². The summed E-state index contributed by atoms with van der Waals surface area (Å²) in [5.74, 6) is 0.406. The van der Waals surface area contributed by atoms with E-state index in [1.807, 2.05) is 24.3 Å². The van der Waals surface area contributed by atoms with Crippen LogP contribution in [0.4, 0.5) is 0 Å². The molecule has 0 aliphatic carbocycles. The molecule has 3 nitrogen and oxygen atoms in total. The second-order valence-corrected chi connectivity index (χ2v) is 3.93. The van der Waals surface area contributed by atoms with Crippen LogP contribution in [0.1, 0.15) is 21.9 Å². The molecule has 0 aliphatic rings. The van der Waals surface area contributed by atoms with E-state index in [-0.39, 0.29) is 5.76 Å². The number of carbonyl (C=O) groups excluding carboxylic acids is 1. The van der Waals surface area contributed by atoms with Crippen LogP contribution in [0.5, 0.6) is 0 Å². The predicted molar refractivity (Wildman–Crippen MR) is 64.3 cm³/mol. The second kappa shape index (κ2) is 5.06. The lowest BCUT2D eigenvalue weighted by Crippen LogP contribution is -1.98. The van der Waals surface area contributed by atoms with Crippen molar-refractivity contribution in [1.29, 1.82) is 0 Å². The summed E-state index contributed by atoms with van der Waals surface area (Å²) in [6.07, 6.45) is 0.552. The molecule has 0 saturated heterocycles. The first-order chi connectivity index (χ1) is 8.20. The van der Waals surface area contributed by atoms with Crippen LogP contribution in [-0.2, 0) is 11.2 Å². The average Bonchev–Trinajstić information content (AvgIpc) is 2.80. The van der Waals surface area contributed by atoms with Crippen molar-refractivity contribution in [3.63, 3.8) is 0 Å². The number of ether oxygens (including phenoxy) is 1. The van der Waals surface area contributed by atoms with E-state index < -0.39 is 5.97 Å². The maximum atomic E-state index is 11.2. The Balaban J connectivity index is 2.17. The number of hydrogen-bond acceptors (Lipinski definition) is 3. The van der Waals surface area contributed by atoms with Crippen molar-refractivity contribution in [2.75, 3.05) is 7.11 Å². The highest BCUT2D eigenvalue weighted by molar-refractivity contribution is 6.31. The number of esters is 1. The van der Waals surface area contributed by atoms with Gasteiger partial charge in [0.15, 0.2) is 0 Å². The van der Waals surface area contributed by atoms with E-state index >= 15 is 0 Å². The van der Waals surface area contributed by atoms with E-state index in [4.69, 9.17) is 16.0 Å². The highest BCUT2D eigenvalue weighted by Crippen LogP contribution is 2.20. The van der Waals surface area contributed by atoms with Crippen LogP contribution in [0.15, 0.2) is 40.8 Å². The Hall–Kier alpha value is -1.74. The average molecular weight is 251 g/mol. The summed E-state index contributed by atoms with van der Waals surface area (Å²) < 4.78 is 9.93. The van der Waals surface area contributed by atoms with Gasteiger partial charge in [-0.05, 0) is 23.8 Å². The lowest BCUT2D eigenvalue weighted by molar-refractivity contribution is 0.0563. The molecule has 2 aromatic rings. The van der Waals surface area contributed by atoms with Crippen molar-refractivity contribution < 1.29 is 13.9 Å². The summed E-state index contributed by atoms with van der Waals surface area (Å²) in [5, 5.41) is 0.684. The summed E-state index contributed by atoms with van der Waals surface area (Å²) in [5.41, 5.74) is 0.958. The Morgan fingerprint density at radius 3 is 2.76 bits per heavy atom. The van der Waals surface area contributed by atoms with Crippen LogP contribution in [-0.4, -0.2) is 13.1 Å². The van der Waals surface area contributed by atoms with Gasteiger partial charge < -0.3 is 9.15 Å². The van der Waals surface area contributed by atoms with E-state index in [0.717, 1.165) is 5.56 Å². The standard InChI is InChI=1S/C13H11ClO3/c1-16-13(15)12-7-6-10(17-12)8-9-4-2-3-5-11(9)14/h2-7H,8H2,1H3. The number of halogens is 1. The number of hydrogen-bond donors (Lipinski definition) is 0. The number of benzene rings is 1. The molecule has 0 saturated carbocycles. The summed E-state index contributed by atoms with van der Waals surface area (Å²) >= 11 is 6.04. The zero-order valence-electron chi connectivity index (χ0n) is 9.27. The van der Waals surface area contributed by atoms with Gasteiger partial charge in [-0.3, -0.25) is 0 Å². The first-order valence-corrected chi connectivity index (χ1v) is 5.49. The van der Waals surface area contributed by atoms with Gasteiger partial charge in [-0.25, -0.2) is 4.79 Å². The van der Waals surface area contributed by atoms with Crippen LogP contribution in [0.25, 0.3) is 0 Å². The Morgan fingerprint density at radius 2 is 2.06 bits per heavy atom. The van der Waals surface area contributed by atoms with Gasteiger partial charge in [-0.15, -0.1) is 0 Å². The van der Waals surface area contributed by atoms with Crippen LogP contribution in [0, 0.1) is 0 Å². The lowest BCUT2D eigenvalue weighted by atomic mass is 10.1. The third-order valence-corrected chi connectivity index (χ3v) is 2.74. The normalized spacial score (nSPS) is 10.2. The molecule has 1 aromatic heterocycles. The summed E-state index contributed by atoms with van der Waals surface area (Å²) in [4.78, 5) is 11.2.